The maximum Gasteiger partial charge on any atom is 0.220 e. The summed E-state index contributed by atoms with van der Waals surface area (Å²) < 4.78 is 0. The van der Waals surface area contributed by atoms with Crippen molar-refractivity contribution >= 4 is 12.2 Å². The van der Waals surface area contributed by atoms with Gasteiger partial charge in [0, 0.05) is 11.8 Å². The molecule has 1 spiro atoms. The number of piperidine rings is 1. The van der Waals surface area contributed by atoms with Crippen LogP contribution in [0, 0.1) is 17.3 Å². The molecular formula is C22H44N2O2. The first kappa shape index (κ1) is 25.1. The number of hydrogen-bond donors (Lipinski definition) is 1. The zero-order valence-corrected chi connectivity index (χ0v) is 18.1. The average molecular weight is 369 g/mol. The number of rotatable bonds is 6. The zero-order valence-electron chi connectivity index (χ0n) is 18.1. The van der Waals surface area contributed by atoms with E-state index >= 15 is 0 Å². The maximum absolute atomic E-state index is 11.1. The molecule has 0 aromatic rings. The molecule has 1 amide bonds. The first-order valence-electron chi connectivity index (χ1n) is 10.9. The van der Waals surface area contributed by atoms with Crippen LogP contribution in [0.1, 0.15) is 91.9 Å². The fraction of sp³-hybridized carbons (Fsp3) is 0.909. The highest BCUT2D eigenvalue weighted by Crippen LogP contribution is 2.45. The number of nitrogens with two attached hydrogens (primary N) is 1. The Bertz CT molecular complexity index is 366. The number of carbonyl (C=O) groups excluding carboxylic acids is 2. The van der Waals surface area contributed by atoms with Crippen molar-refractivity contribution in [3.63, 3.8) is 0 Å². The van der Waals surface area contributed by atoms with Crippen molar-refractivity contribution in [2.45, 2.75) is 91.9 Å². The standard InChI is InChI=1S/C12H22N2O.C8H16O.C2H6/c1-14-8-6-12(7-9-14)4-2-10(3-5-12)11(13)15;1-3-5-6-8(4-2)7-9;1-2/h10H,2-9H2,1H3,(H2,13,15);7-8H,3-6H2,1-2H3;1-2H3. The summed E-state index contributed by atoms with van der Waals surface area (Å²) in [5.74, 6) is 0.401. The summed E-state index contributed by atoms with van der Waals surface area (Å²) in [6.07, 6.45) is 12.7. The zero-order chi connectivity index (χ0) is 20.0. The van der Waals surface area contributed by atoms with Crippen LogP contribution < -0.4 is 5.73 Å². The van der Waals surface area contributed by atoms with Crippen molar-refractivity contribution in [3.05, 3.63) is 0 Å². The molecule has 2 N–H and O–H groups in total. The van der Waals surface area contributed by atoms with Gasteiger partial charge in [-0.05, 0) is 76.9 Å². The lowest BCUT2D eigenvalue weighted by Gasteiger charge is -2.44. The summed E-state index contributed by atoms with van der Waals surface area (Å²) >= 11 is 0. The summed E-state index contributed by atoms with van der Waals surface area (Å²) in [7, 11) is 2.20. The van der Waals surface area contributed by atoms with Crippen LogP contribution in [-0.2, 0) is 9.59 Å². The van der Waals surface area contributed by atoms with Gasteiger partial charge in [0.15, 0.2) is 0 Å². The van der Waals surface area contributed by atoms with E-state index in [4.69, 9.17) is 5.73 Å². The predicted molar refractivity (Wildman–Crippen MR) is 111 cm³/mol. The first-order chi connectivity index (χ1) is 12.5. The third-order valence-corrected chi connectivity index (χ3v) is 6.14. The van der Waals surface area contributed by atoms with Crippen LogP contribution in [-0.4, -0.2) is 37.2 Å². The van der Waals surface area contributed by atoms with Crippen LogP contribution in [0.2, 0.25) is 0 Å². The fourth-order valence-corrected chi connectivity index (χ4v) is 3.94. The van der Waals surface area contributed by atoms with Gasteiger partial charge in [0.2, 0.25) is 5.91 Å². The van der Waals surface area contributed by atoms with Crippen LogP contribution in [0.4, 0.5) is 0 Å². The van der Waals surface area contributed by atoms with Gasteiger partial charge in [-0.3, -0.25) is 4.79 Å². The molecule has 1 aliphatic heterocycles. The number of likely N-dealkylation sites (tertiary alicyclic amines) is 1. The quantitative estimate of drug-likeness (QED) is 0.685. The van der Waals surface area contributed by atoms with Crippen LogP contribution >= 0.6 is 0 Å². The third-order valence-electron chi connectivity index (χ3n) is 6.14. The Morgan fingerprint density at radius 3 is 2.08 bits per heavy atom. The van der Waals surface area contributed by atoms with Gasteiger partial charge >= 0.3 is 0 Å². The lowest BCUT2D eigenvalue weighted by atomic mass is 9.65. The normalized spacial score (nSPS) is 21.0. The molecule has 1 aliphatic carbocycles. The van der Waals surface area contributed by atoms with Crippen molar-refractivity contribution in [2.75, 3.05) is 20.1 Å². The highest BCUT2D eigenvalue weighted by atomic mass is 16.1. The van der Waals surface area contributed by atoms with Gasteiger partial charge in [-0.15, -0.1) is 0 Å². The third kappa shape index (κ3) is 9.16. The highest BCUT2D eigenvalue weighted by Gasteiger charge is 2.38. The van der Waals surface area contributed by atoms with E-state index < -0.39 is 0 Å². The van der Waals surface area contributed by atoms with Crippen molar-refractivity contribution in [3.8, 4) is 0 Å². The molecule has 2 fully saturated rings. The van der Waals surface area contributed by atoms with Crippen LogP contribution in [0.25, 0.3) is 0 Å². The molecule has 1 saturated carbocycles. The second-order valence-electron chi connectivity index (χ2n) is 7.93. The van der Waals surface area contributed by atoms with Gasteiger partial charge in [0.1, 0.15) is 6.29 Å². The average Bonchev–Trinajstić information content (AvgIpc) is 2.68. The summed E-state index contributed by atoms with van der Waals surface area (Å²) in [5, 5.41) is 0. The molecule has 0 aromatic carbocycles. The van der Waals surface area contributed by atoms with Gasteiger partial charge in [0.25, 0.3) is 0 Å². The number of unbranched alkanes of at least 4 members (excludes halogenated alkanes) is 1. The minimum absolute atomic E-state index is 0.0854. The molecule has 0 aromatic heterocycles. The van der Waals surface area contributed by atoms with E-state index in [2.05, 4.69) is 25.8 Å². The van der Waals surface area contributed by atoms with Crippen molar-refractivity contribution < 1.29 is 9.59 Å². The molecule has 1 atom stereocenters. The van der Waals surface area contributed by atoms with Gasteiger partial charge < -0.3 is 15.4 Å². The van der Waals surface area contributed by atoms with Gasteiger partial charge in [-0.1, -0.05) is 40.5 Å². The van der Waals surface area contributed by atoms with Crippen molar-refractivity contribution in [2.24, 2.45) is 23.0 Å². The SMILES string of the molecule is CC.CCCCC(C=O)CC.CN1CCC2(CCC(C(N)=O)CC2)CC1. The van der Waals surface area contributed by atoms with E-state index in [1.54, 1.807) is 0 Å². The van der Waals surface area contributed by atoms with Crippen LogP contribution in [0.15, 0.2) is 0 Å². The number of carbonyl (C=O) groups is 2. The molecule has 26 heavy (non-hydrogen) atoms. The first-order valence-corrected chi connectivity index (χ1v) is 10.9. The van der Waals surface area contributed by atoms with Crippen LogP contribution in [0.3, 0.4) is 0 Å². The van der Waals surface area contributed by atoms with Gasteiger partial charge in [-0.2, -0.15) is 0 Å². The highest BCUT2D eigenvalue weighted by molar-refractivity contribution is 5.76. The molecule has 1 unspecified atom stereocenters. The monoisotopic (exact) mass is 368 g/mol. The molecule has 0 bridgehead atoms. The number of primary amides is 1. The number of hydrogen-bond acceptors (Lipinski definition) is 3. The van der Waals surface area contributed by atoms with Crippen LogP contribution in [0.5, 0.6) is 0 Å². The molecule has 4 heteroatoms. The largest absolute Gasteiger partial charge is 0.369 e. The summed E-state index contributed by atoms with van der Waals surface area (Å²) in [4.78, 5) is 23.7. The Morgan fingerprint density at radius 1 is 1.15 bits per heavy atom. The van der Waals surface area contributed by atoms with Crippen molar-refractivity contribution in [1.29, 1.82) is 0 Å². The van der Waals surface area contributed by atoms with Crippen molar-refractivity contribution in [1.82, 2.24) is 4.90 Å². The maximum atomic E-state index is 11.1. The second kappa shape index (κ2) is 14.2. The van der Waals surface area contributed by atoms with Gasteiger partial charge in [0.05, 0.1) is 0 Å². The smallest absolute Gasteiger partial charge is 0.220 e. The summed E-state index contributed by atoms with van der Waals surface area (Å²) in [6.45, 7) is 10.7. The summed E-state index contributed by atoms with van der Waals surface area (Å²) in [5.41, 5.74) is 5.91. The lowest BCUT2D eigenvalue weighted by molar-refractivity contribution is -0.123. The lowest BCUT2D eigenvalue weighted by Crippen LogP contribution is -2.41. The Hall–Kier alpha value is -0.900. The molecule has 2 aliphatic rings. The topological polar surface area (TPSA) is 63.4 Å². The Kier molecular flexibility index (Phi) is 13.7. The minimum Gasteiger partial charge on any atom is -0.369 e. The Balaban J connectivity index is 0.000000492. The van der Waals surface area contributed by atoms with E-state index in [1.165, 1.54) is 51.6 Å². The van der Waals surface area contributed by atoms with E-state index in [9.17, 15) is 9.59 Å². The van der Waals surface area contributed by atoms with E-state index in [1.807, 2.05) is 13.8 Å². The number of amides is 1. The number of nitrogens with zero attached hydrogens (tertiary/aromatic N) is 1. The second-order valence-corrected chi connectivity index (χ2v) is 7.93. The van der Waals surface area contributed by atoms with E-state index in [-0.39, 0.29) is 11.8 Å². The van der Waals surface area contributed by atoms with E-state index in [0.717, 1.165) is 32.0 Å². The molecule has 4 nitrogen and oxygen atoms in total. The minimum atomic E-state index is -0.0854. The summed E-state index contributed by atoms with van der Waals surface area (Å²) in [6, 6.07) is 0. The Morgan fingerprint density at radius 2 is 1.69 bits per heavy atom. The Labute approximate surface area is 162 Å². The molecule has 0 radical (unpaired) electrons. The van der Waals surface area contributed by atoms with Gasteiger partial charge in [-0.25, -0.2) is 0 Å². The molecule has 1 saturated heterocycles. The predicted octanol–water partition coefficient (Wildman–Crippen LogP) is 4.80. The molecule has 2 rings (SSSR count). The van der Waals surface area contributed by atoms with E-state index in [0.29, 0.717) is 11.3 Å². The molecular weight excluding hydrogens is 324 g/mol. The molecule has 1 heterocycles. The molecule has 154 valence electrons. The fourth-order valence-electron chi connectivity index (χ4n) is 3.94. The number of aldehydes is 1.